The Morgan fingerprint density at radius 1 is 0.450 bits per heavy atom. The molecular formula is C54H32N6. The molecule has 3 heterocycles. The maximum absolute atomic E-state index is 10.0. The lowest BCUT2D eigenvalue weighted by Gasteiger charge is -2.21. The van der Waals surface area contributed by atoms with Gasteiger partial charge in [0.1, 0.15) is 0 Å². The third kappa shape index (κ3) is 5.56. The Morgan fingerprint density at radius 3 is 1.62 bits per heavy atom. The minimum Gasteiger partial charge on any atom is -0.309 e. The molecule has 8 aromatic carbocycles. The molecule has 60 heavy (non-hydrogen) atoms. The topological polar surface area (TPSA) is 63.8 Å². The van der Waals surface area contributed by atoms with Crippen LogP contribution in [0.2, 0.25) is 0 Å². The van der Waals surface area contributed by atoms with E-state index in [1.54, 1.807) is 0 Å². The van der Waals surface area contributed by atoms with Crippen molar-refractivity contribution in [1.29, 1.82) is 5.26 Å². The van der Waals surface area contributed by atoms with Crippen molar-refractivity contribution in [3.63, 3.8) is 0 Å². The fraction of sp³-hybridized carbons (Fsp3) is 0. The van der Waals surface area contributed by atoms with Gasteiger partial charge in [-0.05, 0) is 66.0 Å². The van der Waals surface area contributed by atoms with Crippen molar-refractivity contribution in [1.82, 2.24) is 19.1 Å². The molecule has 0 spiro atoms. The van der Waals surface area contributed by atoms with Gasteiger partial charge in [-0.3, -0.25) is 0 Å². The monoisotopic (exact) mass is 764 g/mol. The summed E-state index contributed by atoms with van der Waals surface area (Å²) >= 11 is 0. The fourth-order valence-electron chi connectivity index (χ4n) is 8.75. The average Bonchev–Trinajstić information content (AvgIpc) is 3.83. The average molecular weight is 765 g/mol. The SMILES string of the molecule is [C-]#[N+]c1ccc2c(c1)c1cc(C#N)ccc1n2-c1cccc(-c2nc(-c3ccccc3)cc(-c3ccccc3)n2)c1-c1ccccc1-n1c2ccccc2c2ccccc21. The lowest BCUT2D eigenvalue weighted by atomic mass is 9.94. The molecule has 0 aliphatic carbocycles. The van der Waals surface area contributed by atoms with Gasteiger partial charge in [0.15, 0.2) is 11.5 Å². The fourth-order valence-corrected chi connectivity index (χ4v) is 8.75. The number of para-hydroxylation sites is 3. The van der Waals surface area contributed by atoms with Crippen molar-refractivity contribution < 1.29 is 0 Å². The van der Waals surface area contributed by atoms with Crippen LogP contribution < -0.4 is 0 Å². The van der Waals surface area contributed by atoms with Gasteiger partial charge < -0.3 is 9.13 Å². The van der Waals surface area contributed by atoms with Gasteiger partial charge in [0.05, 0.1) is 63.0 Å². The second-order valence-corrected chi connectivity index (χ2v) is 14.8. The highest BCUT2D eigenvalue weighted by molar-refractivity contribution is 6.13. The summed E-state index contributed by atoms with van der Waals surface area (Å²) in [7, 11) is 0. The number of aromatic nitrogens is 4. The van der Waals surface area contributed by atoms with Gasteiger partial charge in [-0.1, -0.05) is 133 Å². The molecule has 0 fully saturated rings. The van der Waals surface area contributed by atoms with E-state index in [2.05, 4.69) is 141 Å². The van der Waals surface area contributed by atoms with Gasteiger partial charge in [-0.2, -0.15) is 5.26 Å². The Hall–Kier alpha value is -8.58. The van der Waals surface area contributed by atoms with Crippen molar-refractivity contribution >= 4 is 49.3 Å². The van der Waals surface area contributed by atoms with Crippen LogP contribution in [0.3, 0.4) is 0 Å². The predicted octanol–water partition coefficient (Wildman–Crippen LogP) is 13.8. The first-order chi connectivity index (χ1) is 29.7. The second-order valence-electron chi connectivity index (χ2n) is 14.8. The van der Waals surface area contributed by atoms with Crippen LogP contribution in [0.5, 0.6) is 0 Å². The summed E-state index contributed by atoms with van der Waals surface area (Å²) in [4.78, 5) is 14.5. The first-order valence-electron chi connectivity index (χ1n) is 19.8. The van der Waals surface area contributed by atoms with E-state index in [1.165, 1.54) is 10.8 Å². The summed E-state index contributed by atoms with van der Waals surface area (Å²) in [6, 6.07) is 68.6. The number of nitriles is 1. The molecule has 0 saturated carbocycles. The van der Waals surface area contributed by atoms with Crippen LogP contribution in [0, 0.1) is 17.9 Å². The zero-order valence-electron chi connectivity index (χ0n) is 32.2. The first kappa shape index (κ1) is 34.7. The van der Waals surface area contributed by atoms with Crippen LogP contribution in [0.15, 0.2) is 194 Å². The zero-order chi connectivity index (χ0) is 40.2. The van der Waals surface area contributed by atoms with Crippen LogP contribution in [-0.2, 0) is 0 Å². The quantitative estimate of drug-likeness (QED) is 0.158. The third-order valence-corrected chi connectivity index (χ3v) is 11.4. The van der Waals surface area contributed by atoms with Gasteiger partial charge in [0, 0.05) is 44.0 Å². The van der Waals surface area contributed by atoms with Crippen molar-refractivity contribution in [3.05, 3.63) is 211 Å². The molecule has 6 nitrogen and oxygen atoms in total. The molecule has 278 valence electrons. The zero-order valence-corrected chi connectivity index (χ0v) is 32.2. The molecule has 0 atom stereocenters. The molecule has 0 amide bonds. The molecule has 11 aromatic rings. The second kappa shape index (κ2) is 14.1. The highest BCUT2D eigenvalue weighted by atomic mass is 15.0. The van der Waals surface area contributed by atoms with E-state index in [0.29, 0.717) is 17.1 Å². The van der Waals surface area contributed by atoms with E-state index in [4.69, 9.17) is 16.5 Å². The smallest absolute Gasteiger partial charge is 0.188 e. The summed E-state index contributed by atoms with van der Waals surface area (Å²) in [5, 5.41) is 14.2. The van der Waals surface area contributed by atoms with Gasteiger partial charge in [-0.25, -0.2) is 14.8 Å². The van der Waals surface area contributed by atoms with E-state index in [1.807, 2.05) is 72.8 Å². The Labute approximate surface area is 346 Å². The number of rotatable bonds is 6. The summed E-state index contributed by atoms with van der Waals surface area (Å²) in [5.41, 5.74) is 13.5. The molecule has 0 N–H and O–H groups in total. The van der Waals surface area contributed by atoms with Gasteiger partial charge in [0.25, 0.3) is 0 Å². The molecule has 0 aliphatic rings. The largest absolute Gasteiger partial charge is 0.309 e. The van der Waals surface area contributed by atoms with Crippen molar-refractivity contribution in [2.75, 3.05) is 0 Å². The number of fused-ring (bicyclic) bond motifs is 6. The normalized spacial score (nSPS) is 11.3. The lowest BCUT2D eigenvalue weighted by molar-refractivity contribution is 1.15. The van der Waals surface area contributed by atoms with Crippen molar-refractivity contribution in [2.45, 2.75) is 0 Å². The summed E-state index contributed by atoms with van der Waals surface area (Å²) in [5.74, 6) is 0.590. The van der Waals surface area contributed by atoms with Gasteiger partial charge >= 0.3 is 0 Å². The highest BCUT2D eigenvalue weighted by Gasteiger charge is 2.25. The summed E-state index contributed by atoms with van der Waals surface area (Å²) in [6.45, 7) is 7.86. The lowest BCUT2D eigenvalue weighted by Crippen LogP contribution is -2.04. The van der Waals surface area contributed by atoms with E-state index in [-0.39, 0.29) is 0 Å². The Kier molecular flexibility index (Phi) is 8.15. The van der Waals surface area contributed by atoms with Crippen LogP contribution in [0.25, 0.3) is 105 Å². The van der Waals surface area contributed by atoms with Crippen LogP contribution in [-0.4, -0.2) is 19.1 Å². The Balaban J connectivity index is 1.29. The van der Waals surface area contributed by atoms with Crippen LogP contribution in [0.1, 0.15) is 5.56 Å². The molecule has 11 rings (SSSR count). The maximum Gasteiger partial charge on any atom is 0.188 e. The Bertz CT molecular complexity index is 3380. The maximum atomic E-state index is 10.0. The number of benzene rings is 8. The molecular weight excluding hydrogens is 733 g/mol. The minimum absolute atomic E-state index is 0.536. The number of hydrogen-bond donors (Lipinski definition) is 0. The number of nitrogens with zero attached hydrogens (tertiary/aromatic N) is 6. The molecule has 0 saturated heterocycles. The van der Waals surface area contributed by atoms with Crippen molar-refractivity contribution in [3.8, 4) is 62.5 Å². The van der Waals surface area contributed by atoms with E-state index < -0.39 is 0 Å². The molecule has 3 aromatic heterocycles. The standard InChI is InChI=1S/C54H32N6/c1-56-38-28-30-51-44(32-38)43-31-35(34-55)27-29-50(43)60(51)52-26-14-22-42(54-57-45(36-15-4-2-5-16-36)33-46(58-54)37-17-6-3-7-18-37)53(52)41-21-10-13-25-49(41)59-47-23-11-8-19-39(47)40-20-9-12-24-48(40)59/h2-33H. The molecule has 0 unspecified atom stereocenters. The molecule has 6 heteroatoms. The first-order valence-corrected chi connectivity index (χ1v) is 19.8. The van der Waals surface area contributed by atoms with Gasteiger partial charge in [0.2, 0.25) is 0 Å². The van der Waals surface area contributed by atoms with E-state index in [0.717, 1.165) is 83.4 Å². The van der Waals surface area contributed by atoms with Crippen molar-refractivity contribution in [2.24, 2.45) is 0 Å². The molecule has 0 aliphatic heterocycles. The van der Waals surface area contributed by atoms with Crippen LogP contribution >= 0.6 is 0 Å². The Morgan fingerprint density at radius 2 is 0.967 bits per heavy atom. The summed E-state index contributed by atoms with van der Waals surface area (Å²) < 4.78 is 4.63. The van der Waals surface area contributed by atoms with E-state index in [9.17, 15) is 5.26 Å². The highest BCUT2D eigenvalue weighted by Crippen LogP contribution is 2.45. The summed E-state index contributed by atoms with van der Waals surface area (Å²) in [6.07, 6.45) is 0. The van der Waals surface area contributed by atoms with Gasteiger partial charge in [-0.15, -0.1) is 0 Å². The molecule has 0 radical (unpaired) electrons. The predicted molar refractivity (Wildman–Crippen MR) is 243 cm³/mol. The number of hydrogen-bond acceptors (Lipinski definition) is 3. The minimum atomic E-state index is 0.536. The van der Waals surface area contributed by atoms with E-state index >= 15 is 0 Å². The van der Waals surface area contributed by atoms with Crippen LogP contribution in [0.4, 0.5) is 5.69 Å². The third-order valence-electron chi connectivity index (χ3n) is 11.4. The molecule has 0 bridgehead atoms.